The molecule has 0 saturated carbocycles. The van der Waals surface area contributed by atoms with Gasteiger partial charge in [-0.2, -0.15) is 0 Å². The van der Waals surface area contributed by atoms with Crippen molar-refractivity contribution in [3.63, 3.8) is 0 Å². The molecule has 0 amide bonds. The number of carboxylic acid groups (broad SMARTS) is 1. The molecule has 0 unspecified atom stereocenters. The largest absolute Gasteiger partial charge is 0.481 e. The van der Waals surface area contributed by atoms with Crippen LogP contribution in [0.25, 0.3) is 10.9 Å². The second kappa shape index (κ2) is 7.04. The molecule has 0 bridgehead atoms. The van der Waals surface area contributed by atoms with E-state index in [1.807, 2.05) is 18.2 Å². The smallest absolute Gasteiger partial charge is 0.304 e. The maximum Gasteiger partial charge on any atom is 0.304 e. The Morgan fingerprint density at radius 1 is 1.40 bits per heavy atom. The SMILES string of the molecule is CCCc1nc(SCCC(=O)O)c2ccc(Br)cc2n1. The van der Waals surface area contributed by atoms with Crippen molar-refractivity contribution in [3.05, 3.63) is 28.5 Å². The number of fused-ring (bicyclic) bond motifs is 1. The lowest BCUT2D eigenvalue weighted by atomic mass is 10.2. The summed E-state index contributed by atoms with van der Waals surface area (Å²) in [7, 11) is 0. The standard InChI is InChI=1S/C14H15BrN2O2S/c1-2-3-12-16-11-8-9(15)4-5-10(11)14(17-12)20-7-6-13(18)19/h4-5,8H,2-3,6-7H2,1H3,(H,18,19). The Bertz CT molecular complexity index is 634. The summed E-state index contributed by atoms with van der Waals surface area (Å²) in [6, 6.07) is 5.89. The average molecular weight is 355 g/mol. The van der Waals surface area contributed by atoms with Gasteiger partial charge in [-0.15, -0.1) is 11.8 Å². The van der Waals surface area contributed by atoms with E-state index in [1.54, 1.807) is 0 Å². The molecule has 2 rings (SSSR count). The summed E-state index contributed by atoms with van der Waals surface area (Å²) in [5, 5.41) is 10.6. The van der Waals surface area contributed by atoms with Gasteiger partial charge in [0.1, 0.15) is 10.9 Å². The normalized spacial score (nSPS) is 10.9. The molecule has 6 heteroatoms. The summed E-state index contributed by atoms with van der Waals surface area (Å²) in [6.45, 7) is 2.09. The van der Waals surface area contributed by atoms with Crippen LogP contribution in [0.2, 0.25) is 0 Å². The Morgan fingerprint density at radius 2 is 2.20 bits per heavy atom. The minimum atomic E-state index is -0.785. The number of nitrogens with zero attached hydrogens (tertiary/aromatic N) is 2. The number of aromatic nitrogens is 2. The molecule has 0 aliphatic carbocycles. The number of hydrogen-bond acceptors (Lipinski definition) is 4. The van der Waals surface area contributed by atoms with Gasteiger partial charge in [-0.25, -0.2) is 9.97 Å². The van der Waals surface area contributed by atoms with Gasteiger partial charge in [0.2, 0.25) is 0 Å². The number of aliphatic carboxylic acids is 1. The molecule has 0 spiro atoms. The van der Waals surface area contributed by atoms with Crippen molar-refractivity contribution in [2.45, 2.75) is 31.2 Å². The number of hydrogen-bond donors (Lipinski definition) is 1. The van der Waals surface area contributed by atoms with E-state index >= 15 is 0 Å². The van der Waals surface area contributed by atoms with Crippen LogP contribution in [0.15, 0.2) is 27.7 Å². The van der Waals surface area contributed by atoms with Crippen LogP contribution < -0.4 is 0 Å². The van der Waals surface area contributed by atoms with E-state index in [1.165, 1.54) is 11.8 Å². The molecule has 2 aromatic rings. The van der Waals surface area contributed by atoms with E-state index in [0.29, 0.717) is 5.75 Å². The first-order valence-corrected chi connectivity index (χ1v) is 8.18. The fourth-order valence-corrected chi connectivity index (χ4v) is 3.12. The van der Waals surface area contributed by atoms with E-state index in [-0.39, 0.29) is 6.42 Å². The van der Waals surface area contributed by atoms with Crippen molar-refractivity contribution in [1.29, 1.82) is 0 Å². The predicted molar refractivity (Wildman–Crippen MR) is 84.2 cm³/mol. The lowest BCUT2D eigenvalue weighted by Gasteiger charge is -2.08. The molecule has 4 nitrogen and oxygen atoms in total. The predicted octanol–water partition coefficient (Wildman–Crippen LogP) is 3.91. The first-order chi connectivity index (χ1) is 9.60. The Labute approximate surface area is 130 Å². The second-order valence-corrected chi connectivity index (χ2v) is 6.35. The van der Waals surface area contributed by atoms with Crippen LogP contribution in [0, 0.1) is 0 Å². The van der Waals surface area contributed by atoms with Crippen LogP contribution in [-0.2, 0) is 11.2 Å². The minimum Gasteiger partial charge on any atom is -0.481 e. The number of carboxylic acids is 1. The van der Waals surface area contributed by atoms with Crippen molar-refractivity contribution >= 4 is 44.6 Å². The first kappa shape index (κ1) is 15.3. The Kier molecular flexibility index (Phi) is 5.37. The highest BCUT2D eigenvalue weighted by atomic mass is 79.9. The highest BCUT2D eigenvalue weighted by molar-refractivity contribution is 9.10. The van der Waals surface area contributed by atoms with Gasteiger partial charge in [0, 0.05) is 22.0 Å². The van der Waals surface area contributed by atoms with Crippen molar-refractivity contribution < 1.29 is 9.90 Å². The van der Waals surface area contributed by atoms with E-state index in [9.17, 15) is 4.79 Å². The lowest BCUT2D eigenvalue weighted by Crippen LogP contribution is -2.00. The van der Waals surface area contributed by atoms with Crippen molar-refractivity contribution in [1.82, 2.24) is 9.97 Å². The summed E-state index contributed by atoms with van der Waals surface area (Å²) in [5.41, 5.74) is 0.899. The Hall–Kier alpha value is -1.14. The molecular formula is C14H15BrN2O2S. The lowest BCUT2D eigenvalue weighted by molar-refractivity contribution is -0.136. The number of benzene rings is 1. The van der Waals surface area contributed by atoms with Crippen LogP contribution in [0.5, 0.6) is 0 Å². The van der Waals surface area contributed by atoms with E-state index in [0.717, 1.165) is 39.1 Å². The van der Waals surface area contributed by atoms with Crippen LogP contribution in [0.1, 0.15) is 25.6 Å². The van der Waals surface area contributed by atoms with Gasteiger partial charge in [0.05, 0.1) is 11.9 Å². The number of halogens is 1. The summed E-state index contributed by atoms with van der Waals surface area (Å²) in [6.07, 6.45) is 1.95. The summed E-state index contributed by atoms with van der Waals surface area (Å²) in [4.78, 5) is 19.7. The minimum absolute atomic E-state index is 0.135. The quantitative estimate of drug-likeness (QED) is 0.629. The fraction of sp³-hybridized carbons (Fsp3) is 0.357. The van der Waals surface area contributed by atoms with Gasteiger partial charge in [-0.3, -0.25) is 4.79 Å². The summed E-state index contributed by atoms with van der Waals surface area (Å²) in [5.74, 6) is 0.548. The molecule has 1 aromatic carbocycles. The third-order valence-corrected chi connectivity index (χ3v) is 4.18. The van der Waals surface area contributed by atoms with Crippen LogP contribution >= 0.6 is 27.7 Å². The van der Waals surface area contributed by atoms with Gasteiger partial charge < -0.3 is 5.11 Å². The molecule has 1 heterocycles. The van der Waals surface area contributed by atoms with E-state index in [4.69, 9.17) is 5.11 Å². The molecule has 0 saturated heterocycles. The highest BCUT2D eigenvalue weighted by Gasteiger charge is 2.09. The van der Waals surface area contributed by atoms with Gasteiger partial charge in [-0.1, -0.05) is 22.9 Å². The van der Waals surface area contributed by atoms with Gasteiger partial charge in [-0.05, 0) is 24.6 Å². The van der Waals surface area contributed by atoms with Crippen LogP contribution in [-0.4, -0.2) is 26.8 Å². The van der Waals surface area contributed by atoms with Crippen molar-refractivity contribution in [2.75, 3.05) is 5.75 Å². The summed E-state index contributed by atoms with van der Waals surface area (Å²) < 4.78 is 0.979. The van der Waals surface area contributed by atoms with Crippen molar-refractivity contribution in [2.24, 2.45) is 0 Å². The van der Waals surface area contributed by atoms with E-state index < -0.39 is 5.97 Å². The maximum absolute atomic E-state index is 10.6. The Balaban J connectivity index is 2.36. The molecule has 1 N–H and O–H groups in total. The number of rotatable bonds is 6. The van der Waals surface area contributed by atoms with Gasteiger partial charge >= 0.3 is 5.97 Å². The zero-order valence-corrected chi connectivity index (χ0v) is 13.5. The Morgan fingerprint density at radius 3 is 2.90 bits per heavy atom. The van der Waals surface area contributed by atoms with Gasteiger partial charge in [0.25, 0.3) is 0 Å². The molecular weight excluding hydrogens is 340 g/mol. The average Bonchev–Trinajstić information content (AvgIpc) is 2.38. The molecule has 1 aromatic heterocycles. The first-order valence-electron chi connectivity index (χ1n) is 6.41. The molecule has 0 fully saturated rings. The molecule has 0 radical (unpaired) electrons. The fourth-order valence-electron chi connectivity index (χ4n) is 1.80. The van der Waals surface area contributed by atoms with Crippen LogP contribution in [0.3, 0.4) is 0 Å². The monoisotopic (exact) mass is 354 g/mol. The maximum atomic E-state index is 10.6. The van der Waals surface area contributed by atoms with Crippen LogP contribution in [0.4, 0.5) is 0 Å². The third-order valence-electron chi connectivity index (χ3n) is 2.70. The zero-order valence-electron chi connectivity index (χ0n) is 11.1. The molecule has 0 atom stereocenters. The topological polar surface area (TPSA) is 63.1 Å². The zero-order chi connectivity index (χ0) is 14.5. The highest BCUT2D eigenvalue weighted by Crippen LogP contribution is 2.28. The molecule has 20 heavy (non-hydrogen) atoms. The molecule has 106 valence electrons. The number of thioether (sulfide) groups is 1. The molecule has 0 aliphatic rings. The van der Waals surface area contributed by atoms with Crippen molar-refractivity contribution in [3.8, 4) is 0 Å². The number of carbonyl (C=O) groups is 1. The van der Waals surface area contributed by atoms with Gasteiger partial charge in [0.15, 0.2) is 0 Å². The summed E-state index contributed by atoms with van der Waals surface area (Å²) >= 11 is 4.92. The number of aryl methyl sites for hydroxylation is 1. The third kappa shape index (κ3) is 3.93. The molecule has 0 aliphatic heterocycles. The van der Waals surface area contributed by atoms with E-state index in [2.05, 4.69) is 32.8 Å². The second-order valence-electron chi connectivity index (χ2n) is 4.35.